The summed E-state index contributed by atoms with van der Waals surface area (Å²) in [6, 6.07) is 17.1. The lowest BCUT2D eigenvalue weighted by molar-refractivity contribution is -0.133. The van der Waals surface area contributed by atoms with Gasteiger partial charge in [0.15, 0.2) is 0 Å². The fourth-order valence-electron chi connectivity index (χ4n) is 3.23. The number of methoxy groups -OCH3 is 1. The molecule has 2 aromatic carbocycles. The largest absolute Gasteiger partial charge is 0.383 e. The van der Waals surface area contributed by atoms with Gasteiger partial charge >= 0.3 is 6.03 Å². The predicted molar refractivity (Wildman–Crippen MR) is 136 cm³/mol. The lowest BCUT2D eigenvalue weighted by atomic mass is 10.2. The van der Waals surface area contributed by atoms with Crippen molar-refractivity contribution in [3.8, 4) is 0 Å². The first-order chi connectivity index (χ1) is 16.5. The van der Waals surface area contributed by atoms with Crippen LogP contribution < -0.4 is 5.32 Å². The summed E-state index contributed by atoms with van der Waals surface area (Å²) in [6.45, 7) is 1.18. The van der Waals surface area contributed by atoms with Crippen LogP contribution in [0.25, 0.3) is 0 Å². The van der Waals surface area contributed by atoms with Crippen LogP contribution in [0.15, 0.2) is 70.9 Å². The second-order valence-electron chi connectivity index (χ2n) is 7.53. The molecule has 0 unspecified atom stereocenters. The molecule has 0 bridgehead atoms. The number of amides is 3. The summed E-state index contributed by atoms with van der Waals surface area (Å²) in [5.74, 6) is -0.533. The van der Waals surface area contributed by atoms with Gasteiger partial charge in [0.1, 0.15) is 12.4 Å². The van der Waals surface area contributed by atoms with Gasteiger partial charge in [-0.3, -0.25) is 4.79 Å². The molecular weight excluding hydrogens is 473 g/mol. The lowest BCUT2D eigenvalue weighted by Crippen LogP contribution is -2.45. The Bertz CT molecular complexity index is 1040. The molecule has 0 aliphatic rings. The number of carbonyl (C=O) groups excluding carboxylic acids is 2. The van der Waals surface area contributed by atoms with Crippen LogP contribution in [-0.4, -0.2) is 54.8 Å². The predicted octanol–water partition coefficient (Wildman–Crippen LogP) is 5.32. The van der Waals surface area contributed by atoms with E-state index in [-0.39, 0.29) is 30.8 Å². The molecule has 0 fully saturated rings. The molecule has 3 aromatic rings. The van der Waals surface area contributed by atoms with Crippen LogP contribution in [0.3, 0.4) is 0 Å². The first-order valence-corrected chi connectivity index (χ1v) is 12.8. The van der Waals surface area contributed by atoms with Gasteiger partial charge in [-0.05, 0) is 59.7 Å². The molecule has 1 heterocycles. The van der Waals surface area contributed by atoms with Crippen molar-refractivity contribution in [1.82, 2.24) is 9.80 Å². The summed E-state index contributed by atoms with van der Waals surface area (Å²) >= 11 is 3.18. The number of benzene rings is 2. The van der Waals surface area contributed by atoms with E-state index in [0.717, 1.165) is 15.3 Å². The Morgan fingerprint density at radius 2 is 1.76 bits per heavy atom. The summed E-state index contributed by atoms with van der Waals surface area (Å²) in [7, 11) is 1.55. The highest BCUT2D eigenvalue weighted by atomic mass is 32.2. The molecule has 34 heavy (non-hydrogen) atoms. The van der Waals surface area contributed by atoms with Gasteiger partial charge in [0.05, 0.1) is 13.2 Å². The number of ether oxygens (including phenoxy) is 1. The molecule has 0 radical (unpaired) electrons. The first-order valence-electron chi connectivity index (χ1n) is 10.7. The molecule has 0 spiro atoms. The van der Waals surface area contributed by atoms with Crippen molar-refractivity contribution >= 4 is 40.7 Å². The van der Waals surface area contributed by atoms with Crippen molar-refractivity contribution in [3.63, 3.8) is 0 Å². The molecule has 3 amide bonds. The maximum Gasteiger partial charge on any atom is 0.322 e. The Labute approximate surface area is 207 Å². The topological polar surface area (TPSA) is 61.9 Å². The SMILES string of the molecule is COCCN(CC(=O)N(Cc1ccc(F)cc1)Cc1cccs1)C(=O)Nc1ccc(SC)cc1. The zero-order chi connectivity index (χ0) is 24.3. The van der Waals surface area contributed by atoms with Crippen molar-refractivity contribution in [1.29, 1.82) is 0 Å². The summed E-state index contributed by atoms with van der Waals surface area (Å²) in [6.07, 6.45) is 1.99. The molecule has 9 heteroatoms. The zero-order valence-electron chi connectivity index (χ0n) is 19.2. The molecule has 0 saturated carbocycles. The molecule has 0 atom stereocenters. The number of anilines is 1. The Hall–Kier alpha value is -2.88. The molecule has 0 saturated heterocycles. The second-order valence-corrected chi connectivity index (χ2v) is 9.44. The van der Waals surface area contributed by atoms with Gasteiger partial charge in [0, 0.05) is 35.7 Å². The van der Waals surface area contributed by atoms with Crippen molar-refractivity contribution in [2.24, 2.45) is 0 Å². The quantitative estimate of drug-likeness (QED) is 0.361. The molecule has 1 aromatic heterocycles. The molecule has 3 rings (SSSR count). The fraction of sp³-hybridized carbons (Fsp3) is 0.280. The molecule has 0 aliphatic heterocycles. The van der Waals surface area contributed by atoms with Crippen LogP contribution in [0.4, 0.5) is 14.9 Å². The van der Waals surface area contributed by atoms with Crippen LogP contribution in [-0.2, 0) is 22.6 Å². The number of rotatable bonds is 11. The Kier molecular flexibility index (Phi) is 9.93. The highest BCUT2D eigenvalue weighted by molar-refractivity contribution is 7.98. The van der Waals surface area contributed by atoms with Crippen LogP contribution >= 0.6 is 23.1 Å². The highest BCUT2D eigenvalue weighted by Gasteiger charge is 2.22. The summed E-state index contributed by atoms with van der Waals surface area (Å²) in [4.78, 5) is 31.6. The average molecular weight is 502 g/mol. The van der Waals surface area contributed by atoms with Crippen LogP contribution in [0, 0.1) is 5.82 Å². The third kappa shape index (κ3) is 7.86. The van der Waals surface area contributed by atoms with E-state index in [9.17, 15) is 14.0 Å². The van der Waals surface area contributed by atoms with E-state index in [4.69, 9.17) is 4.74 Å². The number of halogens is 1. The third-order valence-electron chi connectivity index (χ3n) is 5.09. The number of nitrogens with one attached hydrogen (secondary N) is 1. The summed E-state index contributed by atoms with van der Waals surface area (Å²) in [5.41, 5.74) is 1.47. The Balaban J connectivity index is 1.73. The smallest absolute Gasteiger partial charge is 0.322 e. The van der Waals surface area contributed by atoms with E-state index in [2.05, 4.69) is 5.32 Å². The molecular formula is C25H28FN3O3S2. The Morgan fingerprint density at radius 3 is 2.38 bits per heavy atom. The maximum absolute atomic E-state index is 13.3. The number of hydrogen-bond donors (Lipinski definition) is 1. The maximum atomic E-state index is 13.3. The van der Waals surface area contributed by atoms with Gasteiger partial charge < -0.3 is 19.9 Å². The van der Waals surface area contributed by atoms with E-state index < -0.39 is 0 Å². The molecule has 1 N–H and O–H groups in total. The van der Waals surface area contributed by atoms with E-state index in [1.807, 2.05) is 48.0 Å². The standard InChI is InChI=1S/C25H28FN3O3S2/c1-32-14-13-28(25(31)27-21-9-11-22(33-2)12-10-21)18-24(30)29(17-23-4-3-15-34-23)16-19-5-7-20(26)8-6-19/h3-12,15H,13-14,16-18H2,1-2H3,(H,27,31). The van der Waals surface area contributed by atoms with Crippen molar-refractivity contribution in [2.45, 2.75) is 18.0 Å². The van der Waals surface area contributed by atoms with Crippen molar-refractivity contribution < 1.29 is 18.7 Å². The van der Waals surface area contributed by atoms with E-state index in [1.165, 1.54) is 17.0 Å². The molecule has 180 valence electrons. The van der Waals surface area contributed by atoms with Gasteiger partial charge in [0.2, 0.25) is 5.91 Å². The van der Waals surface area contributed by atoms with Gasteiger partial charge in [0.25, 0.3) is 0 Å². The number of hydrogen-bond acceptors (Lipinski definition) is 5. The number of nitrogens with zero attached hydrogens (tertiary/aromatic N) is 2. The summed E-state index contributed by atoms with van der Waals surface area (Å²) < 4.78 is 18.5. The number of thioether (sulfide) groups is 1. The molecule has 6 nitrogen and oxygen atoms in total. The van der Waals surface area contributed by atoms with Crippen LogP contribution in [0.1, 0.15) is 10.4 Å². The molecule has 0 aliphatic carbocycles. The van der Waals surface area contributed by atoms with Gasteiger partial charge in [-0.1, -0.05) is 18.2 Å². The van der Waals surface area contributed by atoms with Crippen LogP contribution in [0.5, 0.6) is 0 Å². The van der Waals surface area contributed by atoms with Crippen molar-refractivity contribution in [3.05, 3.63) is 82.3 Å². The third-order valence-corrected chi connectivity index (χ3v) is 6.69. The fourth-order valence-corrected chi connectivity index (χ4v) is 4.35. The van der Waals surface area contributed by atoms with E-state index in [1.54, 1.807) is 47.2 Å². The minimum atomic E-state index is -0.375. The first kappa shape index (κ1) is 25.7. The minimum absolute atomic E-state index is 0.106. The van der Waals surface area contributed by atoms with E-state index in [0.29, 0.717) is 25.4 Å². The average Bonchev–Trinajstić information content (AvgIpc) is 3.36. The van der Waals surface area contributed by atoms with Crippen LogP contribution in [0.2, 0.25) is 0 Å². The number of carbonyl (C=O) groups is 2. The van der Waals surface area contributed by atoms with E-state index >= 15 is 0 Å². The number of thiophene rings is 1. The van der Waals surface area contributed by atoms with Gasteiger partial charge in [-0.25, -0.2) is 9.18 Å². The minimum Gasteiger partial charge on any atom is -0.383 e. The van der Waals surface area contributed by atoms with Gasteiger partial charge in [-0.2, -0.15) is 0 Å². The highest BCUT2D eigenvalue weighted by Crippen LogP contribution is 2.18. The normalized spacial score (nSPS) is 10.7. The summed E-state index contributed by atoms with van der Waals surface area (Å²) in [5, 5.41) is 4.81. The lowest BCUT2D eigenvalue weighted by Gasteiger charge is -2.27. The number of urea groups is 1. The monoisotopic (exact) mass is 501 g/mol. The Morgan fingerprint density at radius 1 is 1.03 bits per heavy atom. The van der Waals surface area contributed by atoms with Crippen molar-refractivity contribution in [2.75, 3.05) is 38.4 Å². The van der Waals surface area contributed by atoms with Gasteiger partial charge in [-0.15, -0.1) is 23.1 Å². The zero-order valence-corrected chi connectivity index (χ0v) is 20.8. The second kappa shape index (κ2) is 13.1.